The van der Waals surface area contributed by atoms with Crippen LogP contribution < -0.4 is 10.6 Å². The zero-order valence-electron chi connectivity index (χ0n) is 14.0. The Morgan fingerprint density at radius 1 is 1.08 bits per heavy atom. The Labute approximate surface area is 145 Å². The Kier molecular flexibility index (Phi) is 6.33. The van der Waals surface area contributed by atoms with Crippen molar-refractivity contribution in [2.24, 2.45) is 5.92 Å². The Morgan fingerprint density at radius 3 is 2.40 bits per heavy atom. The minimum absolute atomic E-state index is 0.0975. The van der Waals surface area contributed by atoms with Gasteiger partial charge in [-0.15, -0.1) is 0 Å². The van der Waals surface area contributed by atoms with Gasteiger partial charge in [0, 0.05) is 5.69 Å². The summed E-state index contributed by atoms with van der Waals surface area (Å²) in [4.78, 5) is 36.0. The van der Waals surface area contributed by atoms with Gasteiger partial charge in [-0.2, -0.15) is 0 Å². The van der Waals surface area contributed by atoms with Gasteiger partial charge in [0.2, 0.25) is 0 Å². The fraction of sp³-hybridized carbons (Fsp3) is 0.278. The van der Waals surface area contributed by atoms with Crippen molar-refractivity contribution in [2.75, 3.05) is 11.9 Å². The maximum absolute atomic E-state index is 12.2. The van der Waals surface area contributed by atoms with Gasteiger partial charge in [-0.05, 0) is 30.2 Å². The van der Waals surface area contributed by atoms with Gasteiger partial charge in [-0.3, -0.25) is 9.59 Å². The van der Waals surface area contributed by atoms with Crippen LogP contribution in [0.2, 0.25) is 0 Å². The van der Waals surface area contributed by atoms with Gasteiger partial charge >= 0.3 is 5.97 Å². The molecule has 1 heterocycles. The number of ether oxygens (including phenoxy) is 1. The van der Waals surface area contributed by atoms with Crippen molar-refractivity contribution >= 4 is 23.5 Å². The molecule has 0 spiro atoms. The van der Waals surface area contributed by atoms with Crippen LogP contribution in [0.15, 0.2) is 53.1 Å². The average molecular weight is 344 g/mol. The lowest BCUT2D eigenvalue weighted by Crippen LogP contribution is -2.45. The summed E-state index contributed by atoms with van der Waals surface area (Å²) in [5, 5.41) is 5.16. The van der Waals surface area contributed by atoms with Crippen LogP contribution in [0.25, 0.3) is 0 Å². The van der Waals surface area contributed by atoms with Crippen molar-refractivity contribution in [3.63, 3.8) is 0 Å². The van der Waals surface area contributed by atoms with Crippen molar-refractivity contribution in [3.8, 4) is 0 Å². The van der Waals surface area contributed by atoms with Crippen molar-refractivity contribution in [2.45, 2.75) is 19.9 Å². The van der Waals surface area contributed by atoms with Crippen LogP contribution in [0, 0.1) is 5.92 Å². The predicted molar refractivity (Wildman–Crippen MR) is 90.8 cm³/mol. The molecule has 7 heteroatoms. The summed E-state index contributed by atoms with van der Waals surface area (Å²) >= 11 is 0. The van der Waals surface area contributed by atoms with E-state index in [4.69, 9.17) is 9.15 Å². The average Bonchev–Trinajstić information content (AvgIpc) is 3.12. The molecule has 0 radical (unpaired) electrons. The zero-order chi connectivity index (χ0) is 18.2. The summed E-state index contributed by atoms with van der Waals surface area (Å²) in [6.07, 6.45) is 1.37. The number of rotatable bonds is 7. The van der Waals surface area contributed by atoms with E-state index in [1.54, 1.807) is 44.2 Å². The van der Waals surface area contributed by atoms with E-state index in [1.165, 1.54) is 12.3 Å². The Balaban J connectivity index is 1.87. The zero-order valence-corrected chi connectivity index (χ0v) is 14.0. The second kappa shape index (κ2) is 8.68. The second-order valence-corrected chi connectivity index (χ2v) is 5.69. The normalized spacial score (nSPS) is 11.6. The SMILES string of the molecule is CC(C)[C@H](NC(=O)c1ccco1)C(=O)OCC(=O)Nc1ccccc1. The maximum Gasteiger partial charge on any atom is 0.329 e. The molecule has 0 saturated carbocycles. The predicted octanol–water partition coefficient (Wildman–Crippen LogP) is 2.22. The molecule has 0 unspecified atom stereocenters. The van der Waals surface area contributed by atoms with Crippen molar-refractivity contribution in [1.82, 2.24) is 5.32 Å². The molecule has 0 fully saturated rings. The lowest BCUT2D eigenvalue weighted by Gasteiger charge is -2.20. The highest BCUT2D eigenvalue weighted by atomic mass is 16.5. The first-order valence-corrected chi connectivity index (χ1v) is 7.83. The number of para-hydroxylation sites is 1. The number of hydrogen-bond acceptors (Lipinski definition) is 5. The molecule has 2 N–H and O–H groups in total. The molecule has 1 atom stereocenters. The molecule has 0 aliphatic heterocycles. The topological polar surface area (TPSA) is 97.6 Å². The minimum Gasteiger partial charge on any atom is -0.459 e. The van der Waals surface area contributed by atoms with E-state index in [-0.39, 0.29) is 11.7 Å². The highest BCUT2D eigenvalue weighted by Crippen LogP contribution is 2.08. The number of hydrogen-bond donors (Lipinski definition) is 2. The fourth-order valence-corrected chi connectivity index (χ4v) is 2.06. The largest absolute Gasteiger partial charge is 0.459 e. The maximum atomic E-state index is 12.2. The molecule has 0 aliphatic rings. The first-order valence-electron chi connectivity index (χ1n) is 7.83. The first kappa shape index (κ1) is 18.3. The van der Waals surface area contributed by atoms with Gasteiger partial charge in [0.05, 0.1) is 6.26 Å². The van der Waals surface area contributed by atoms with Crippen molar-refractivity contribution < 1.29 is 23.5 Å². The monoisotopic (exact) mass is 344 g/mol. The van der Waals surface area contributed by atoms with Crippen LogP contribution in [0.4, 0.5) is 5.69 Å². The quantitative estimate of drug-likeness (QED) is 0.751. The summed E-state index contributed by atoms with van der Waals surface area (Å²) < 4.78 is 10.0. The van der Waals surface area contributed by atoms with E-state index in [0.717, 1.165) is 0 Å². The molecule has 0 saturated heterocycles. The third-order valence-corrected chi connectivity index (χ3v) is 3.36. The lowest BCUT2D eigenvalue weighted by atomic mass is 10.0. The standard InChI is InChI=1S/C18H20N2O5/c1-12(2)16(20-17(22)14-9-6-10-24-14)18(23)25-11-15(21)19-13-7-4-3-5-8-13/h3-10,12,16H,11H2,1-2H3,(H,19,21)(H,20,22)/t16-/m0/s1. The number of anilines is 1. The third-order valence-electron chi connectivity index (χ3n) is 3.36. The smallest absolute Gasteiger partial charge is 0.329 e. The van der Waals surface area contributed by atoms with Crippen molar-refractivity contribution in [1.29, 1.82) is 0 Å². The number of nitrogens with one attached hydrogen (secondary N) is 2. The summed E-state index contributed by atoms with van der Waals surface area (Å²) in [6, 6.07) is 11.0. The number of carbonyl (C=O) groups excluding carboxylic acids is 3. The molecule has 7 nitrogen and oxygen atoms in total. The summed E-state index contributed by atoms with van der Waals surface area (Å²) in [5.41, 5.74) is 0.607. The fourth-order valence-electron chi connectivity index (χ4n) is 2.06. The lowest BCUT2D eigenvalue weighted by molar-refractivity contribution is -0.150. The van der Waals surface area contributed by atoms with Crippen LogP contribution in [0.1, 0.15) is 24.4 Å². The van der Waals surface area contributed by atoms with Gasteiger partial charge < -0.3 is 19.8 Å². The summed E-state index contributed by atoms with van der Waals surface area (Å²) in [6.45, 7) is 3.09. The Hall–Kier alpha value is -3.09. The molecule has 1 aromatic carbocycles. The first-order chi connectivity index (χ1) is 12.0. The summed E-state index contributed by atoms with van der Waals surface area (Å²) in [5.74, 6) is -1.78. The molecular formula is C18H20N2O5. The molecule has 0 bridgehead atoms. The van der Waals surface area contributed by atoms with Crippen molar-refractivity contribution in [3.05, 3.63) is 54.5 Å². The van der Waals surface area contributed by atoms with E-state index in [9.17, 15) is 14.4 Å². The van der Waals surface area contributed by atoms with E-state index < -0.39 is 30.4 Å². The van der Waals surface area contributed by atoms with E-state index >= 15 is 0 Å². The molecular weight excluding hydrogens is 324 g/mol. The Morgan fingerprint density at radius 2 is 1.80 bits per heavy atom. The molecule has 2 rings (SSSR count). The molecule has 1 aromatic heterocycles. The Bertz CT molecular complexity index is 710. The summed E-state index contributed by atoms with van der Waals surface area (Å²) in [7, 11) is 0. The number of furan rings is 1. The van der Waals surface area contributed by atoms with Crippen LogP contribution in [-0.2, 0) is 14.3 Å². The van der Waals surface area contributed by atoms with Crippen LogP contribution in [-0.4, -0.2) is 30.4 Å². The van der Waals surface area contributed by atoms with Gasteiger partial charge in [0.15, 0.2) is 12.4 Å². The van der Waals surface area contributed by atoms with Crippen LogP contribution >= 0.6 is 0 Å². The van der Waals surface area contributed by atoms with Gasteiger partial charge in [0.1, 0.15) is 6.04 Å². The molecule has 132 valence electrons. The second-order valence-electron chi connectivity index (χ2n) is 5.69. The van der Waals surface area contributed by atoms with Gasteiger partial charge in [-0.1, -0.05) is 32.0 Å². The van der Waals surface area contributed by atoms with Gasteiger partial charge in [-0.25, -0.2) is 4.79 Å². The highest BCUT2D eigenvalue weighted by Gasteiger charge is 2.27. The molecule has 25 heavy (non-hydrogen) atoms. The van der Waals surface area contributed by atoms with Gasteiger partial charge in [0.25, 0.3) is 11.8 Å². The minimum atomic E-state index is -0.887. The van der Waals surface area contributed by atoms with Crippen LogP contribution in [0.3, 0.4) is 0 Å². The number of amides is 2. The van der Waals surface area contributed by atoms with Crippen LogP contribution in [0.5, 0.6) is 0 Å². The van der Waals surface area contributed by atoms with E-state index in [1.807, 2.05) is 6.07 Å². The van der Waals surface area contributed by atoms with E-state index in [0.29, 0.717) is 5.69 Å². The third kappa shape index (κ3) is 5.49. The number of benzene rings is 1. The number of carbonyl (C=O) groups is 3. The van der Waals surface area contributed by atoms with E-state index in [2.05, 4.69) is 10.6 Å². The molecule has 2 aromatic rings. The highest BCUT2D eigenvalue weighted by molar-refractivity contribution is 5.96. The molecule has 2 amide bonds. The number of esters is 1. The molecule has 0 aliphatic carbocycles.